The van der Waals surface area contributed by atoms with Gasteiger partial charge in [-0.1, -0.05) is 12.1 Å². The number of aromatic nitrogens is 2. The van der Waals surface area contributed by atoms with Gasteiger partial charge in [-0.05, 0) is 43.9 Å². The van der Waals surface area contributed by atoms with Crippen LogP contribution in [0.4, 0.5) is 0 Å². The van der Waals surface area contributed by atoms with Crippen molar-refractivity contribution in [1.82, 2.24) is 14.9 Å². The molecule has 6 heteroatoms. The molecule has 1 saturated carbocycles. The van der Waals surface area contributed by atoms with E-state index in [9.17, 15) is 4.79 Å². The number of morpholine rings is 1. The van der Waals surface area contributed by atoms with Gasteiger partial charge in [0.2, 0.25) is 5.88 Å². The van der Waals surface area contributed by atoms with Crippen LogP contribution >= 0.6 is 0 Å². The maximum atomic E-state index is 12.9. The molecule has 1 amide bonds. The Morgan fingerprint density at radius 2 is 2.19 bits per heavy atom. The summed E-state index contributed by atoms with van der Waals surface area (Å²) >= 11 is 0. The van der Waals surface area contributed by atoms with Gasteiger partial charge in [-0.3, -0.25) is 4.79 Å². The normalized spacial score (nSPS) is 25.0. The van der Waals surface area contributed by atoms with E-state index in [0.717, 1.165) is 18.5 Å². The van der Waals surface area contributed by atoms with Crippen LogP contribution in [0, 0.1) is 12.8 Å². The highest BCUT2D eigenvalue weighted by atomic mass is 16.5. The third kappa shape index (κ3) is 3.55. The van der Waals surface area contributed by atoms with Crippen molar-refractivity contribution in [3.8, 4) is 5.88 Å². The zero-order valence-corrected chi connectivity index (χ0v) is 14.9. The summed E-state index contributed by atoms with van der Waals surface area (Å²) in [6, 6.07) is 11.3. The van der Waals surface area contributed by atoms with Gasteiger partial charge in [0, 0.05) is 24.5 Å². The largest absolute Gasteiger partial charge is 0.477 e. The van der Waals surface area contributed by atoms with Crippen LogP contribution in [0.1, 0.15) is 29.0 Å². The Morgan fingerprint density at radius 1 is 1.27 bits per heavy atom. The molecule has 3 atom stereocenters. The number of hydrogen-bond acceptors (Lipinski definition) is 5. The van der Waals surface area contributed by atoms with Crippen molar-refractivity contribution in [3.05, 3.63) is 54.0 Å². The molecule has 2 fully saturated rings. The van der Waals surface area contributed by atoms with Crippen molar-refractivity contribution in [2.45, 2.75) is 31.9 Å². The second-order valence-corrected chi connectivity index (χ2v) is 6.96. The highest BCUT2D eigenvalue weighted by Gasteiger charge is 2.43. The van der Waals surface area contributed by atoms with E-state index < -0.39 is 0 Å². The molecule has 0 spiro atoms. The Labute approximate surface area is 153 Å². The minimum Gasteiger partial charge on any atom is -0.477 e. The van der Waals surface area contributed by atoms with E-state index in [1.54, 1.807) is 12.3 Å². The summed E-state index contributed by atoms with van der Waals surface area (Å²) in [6.07, 6.45) is 3.59. The lowest BCUT2D eigenvalue weighted by atomic mass is 10.1. The zero-order chi connectivity index (χ0) is 17.9. The molecule has 2 aromatic rings. The molecule has 1 saturated heterocycles. The van der Waals surface area contributed by atoms with E-state index in [0.29, 0.717) is 37.3 Å². The summed E-state index contributed by atoms with van der Waals surface area (Å²) < 4.78 is 11.7. The summed E-state index contributed by atoms with van der Waals surface area (Å²) in [5, 5.41) is 0. The predicted octanol–water partition coefficient (Wildman–Crippen LogP) is 2.48. The molecule has 26 heavy (non-hydrogen) atoms. The molecule has 0 radical (unpaired) electrons. The first-order valence-corrected chi connectivity index (χ1v) is 9.11. The number of amides is 1. The van der Waals surface area contributed by atoms with E-state index in [-0.39, 0.29) is 18.1 Å². The van der Waals surface area contributed by atoms with Gasteiger partial charge in [0.1, 0.15) is 5.69 Å². The summed E-state index contributed by atoms with van der Waals surface area (Å²) in [4.78, 5) is 23.5. The Bertz CT molecular complexity index is 768. The molecule has 2 aromatic heterocycles. The topological polar surface area (TPSA) is 64.6 Å². The Morgan fingerprint density at radius 3 is 3.00 bits per heavy atom. The smallest absolute Gasteiger partial charge is 0.272 e. The quantitative estimate of drug-likeness (QED) is 0.845. The molecule has 0 N–H and O–H groups in total. The summed E-state index contributed by atoms with van der Waals surface area (Å²) in [5.74, 6) is 0.990. The molecule has 3 unspecified atom stereocenters. The number of hydrogen-bond donors (Lipinski definition) is 0. The van der Waals surface area contributed by atoms with Crippen LogP contribution in [0.2, 0.25) is 0 Å². The second-order valence-electron chi connectivity index (χ2n) is 6.96. The molecular formula is C20H23N3O3. The molecule has 3 heterocycles. The van der Waals surface area contributed by atoms with E-state index in [4.69, 9.17) is 9.47 Å². The number of rotatable bonds is 4. The summed E-state index contributed by atoms with van der Waals surface area (Å²) in [7, 11) is 0. The monoisotopic (exact) mass is 353 g/mol. The third-order valence-electron chi connectivity index (χ3n) is 5.11. The van der Waals surface area contributed by atoms with Crippen LogP contribution < -0.4 is 4.74 Å². The van der Waals surface area contributed by atoms with Gasteiger partial charge in [-0.25, -0.2) is 9.97 Å². The van der Waals surface area contributed by atoms with Gasteiger partial charge >= 0.3 is 0 Å². The van der Waals surface area contributed by atoms with Gasteiger partial charge in [-0.2, -0.15) is 0 Å². The van der Waals surface area contributed by atoms with Gasteiger partial charge < -0.3 is 14.4 Å². The number of fused-ring (bicyclic) bond motifs is 1. The van der Waals surface area contributed by atoms with Crippen molar-refractivity contribution < 1.29 is 14.3 Å². The van der Waals surface area contributed by atoms with Crippen molar-refractivity contribution >= 4 is 5.91 Å². The van der Waals surface area contributed by atoms with Crippen molar-refractivity contribution in [2.24, 2.45) is 5.92 Å². The Kier molecular flexibility index (Phi) is 4.84. The molecule has 1 aliphatic carbocycles. The molecule has 2 aliphatic rings. The highest BCUT2D eigenvalue weighted by molar-refractivity contribution is 5.92. The number of carbonyl (C=O) groups is 1. The predicted molar refractivity (Wildman–Crippen MR) is 96.0 cm³/mol. The highest BCUT2D eigenvalue weighted by Crippen LogP contribution is 2.35. The van der Waals surface area contributed by atoms with Crippen molar-refractivity contribution in [1.29, 1.82) is 0 Å². The SMILES string of the molecule is Cc1cccc(C(=O)N2CCOC3CC(COc4ccccn4)CC32)n1. The van der Waals surface area contributed by atoms with Crippen LogP contribution in [0.5, 0.6) is 5.88 Å². The van der Waals surface area contributed by atoms with Gasteiger partial charge in [-0.15, -0.1) is 0 Å². The van der Waals surface area contributed by atoms with E-state index in [1.807, 2.05) is 42.2 Å². The average molecular weight is 353 g/mol. The second kappa shape index (κ2) is 7.41. The minimum absolute atomic E-state index is 0.00158. The number of ether oxygens (including phenoxy) is 2. The van der Waals surface area contributed by atoms with Crippen LogP contribution in [-0.2, 0) is 4.74 Å². The van der Waals surface area contributed by atoms with Gasteiger partial charge in [0.15, 0.2) is 0 Å². The van der Waals surface area contributed by atoms with Crippen LogP contribution in [0.15, 0.2) is 42.6 Å². The Hall–Kier alpha value is -2.47. The number of carbonyl (C=O) groups excluding carboxylic acids is 1. The van der Waals surface area contributed by atoms with E-state index in [2.05, 4.69) is 9.97 Å². The van der Waals surface area contributed by atoms with Crippen molar-refractivity contribution in [2.75, 3.05) is 19.8 Å². The number of aryl methyl sites for hydroxylation is 1. The number of nitrogens with zero attached hydrogens (tertiary/aromatic N) is 3. The average Bonchev–Trinajstić information content (AvgIpc) is 3.10. The Balaban J connectivity index is 1.42. The van der Waals surface area contributed by atoms with Crippen LogP contribution in [0.25, 0.3) is 0 Å². The molecule has 136 valence electrons. The van der Waals surface area contributed by atoms with Crippen LogP contribution in [0.3, 0.4) is 0 Å². The fourth-order valence-corrected chi connectivity index (χ4v) is 3.88. The van der Waals surface area contributed by atoms with Gasteiger partial charge in [0.05, 0.1) is 25.4 Å². The molecule has 0 aromatic carbocycles. The zero-order valence-electron chi connectivity index (χ0n) is 14.9. The fraction of sp³-hybridized carbons (Fsp3) is 0.450. The maximum Gasteiger partial charge on any atom is 0.272 e. The molecule has 6 nitrogen and oxygen atoms in total. The van der Waals surface area contributed by atoms with Gasteiger partial charge in [0.25, 0.3) is 5.91 Å². The first-order chi connectivity index (χ1) is 12.7. The lowest BCUT2D eigenvalue weighted by Gasteiger charge is -2.37. The maximum absolute atomic E-state index is 12.9. The lowest BCUT2D eigenvalue weighted by molar-refractivity contribution is -0.0450. The summed E-state index contributed by atoms with van der Waals surface area (Å²) in [6.45, 7) is 3.69. The fourth-order valence-electron chi connectivity index (χ4n) is 3.88. The van der Waals surface area contributed by atoms with Crippen LogP contribution in [-0.4, -0.2) is 52.7 Å². The summed E-state index contributed by atoms with van der Waals surface area (Å²) in [5.41, 5.74) is 1.37. The minimum atomic E-state index is -0.00158. The molecular weight excluding hydrogens is 330 g/mol. The third-order valence-corrected chi connectivity index (χ3v) is 5.11. The first kappa shape index (κ1) is 17.0. The molecule has 1 aliphatic heterocycles. The number of pyridine rings is 2. The van der Waals surface area contributed by atoms with Crippen molar-refractivity contribution in [3.63, 3.8) is 0 Å². The molecule has 4 rings (SSSR count). The lowest BCUT2D eigenvalue weighted by Crippen LogP contribution is -2.51. The van der Waals surface area contributed by atoms with E-state index in [1.165, 1.54) is 0 Å². The van der Waals surface area contributed by atoms with E-state index >= 15 is 0 Å². The first-order valence-electron chi connectivity index (χ1n) is 9.11. The molecule has 0 bridgehead atoms. The standard InChI is InChI=1S/C20H23N3O3/c1-14-5-4-6-16(22-14)20(24)23-9-10-25-18-12-15(11-17(18)23)13-26-19-7-2-3-8-21-19/h2-8,15,17-18H,9-13H2,1H3.